The van der Waals surface area contributed by atoms with E-state index in [9.17, 15) is 13.6 Å². The lowest BCUT2D eigenvalue weighted by molar-refractivity contribution is -0.0493. The van der Waals surface area contributed by atoms with Crippen molar-refractivity contribution in [2.24, 2.45) is 0 Å². The Balaban J connectivity index is 2.26. The number of carbonyl (C=O) groups is 1. The van der Waals surface area contributed by atoms with Crippen LogP contribution < -0.4 is 10.1 Å². The lowest BCUT2D eigenvalue weighted by Gasteiger charge is -2.12. The first kappa shape index (κ1) is 14.6. The van der Waals surface area contributed by atoms with Gasteiger partial charge in [-0.15, -0.1) is 0 Å². The van der Waals surface area contributed by atoms with Crippen molar-refractivity contribution in [3.63, 3.8) is 0 Å². The highest BCUT2D eigenvalue weighted by molar-refractivity contribution is 5.88. The van der Waals surface area contributed by atoms with E-state index in [1.165, 1.54) is 19.1 Å². The number of benzene rings is 1. The van der Waals surface area contributed by atoms with Gasteiger partial charge in [-0.25, -0.2) is 14.8 Å². The highest BCUT2D eigenvalue weighted by atomic mass is 19.3. The summed E-state index contributed by atoms with van der Waals surface area (Å²) < 4.78 is 29.0. The lowest BCUT2D eigenvalue weighted by atomic mass is 10.2. The van der Waals surface area contributed by atoms with Gasteiger partial charge < -0.3 is 15.2 Å². The first-order chi connectivity index (χ1) is 9.97. The summed E-state index contributed by atoms with van der Waals surface area (Å²) in [5.74, 6) is -1.11. The highest BCUT2D eigenvalue weighted by Crippen LogP contribution is 2.27. The maximum absolute atomic E-state index is 12.3. The molecule has 0 aliphatic heterocycles. The van der Waals surface area contributed by atoms with E-state index in [0.717, 1.165) is 6.20 Å². The molecule has 0 saturated carbocycles. The first-order valence-corrected chi connectivity index (χ1v) is 5.85. The van der Waals surface area contributed by atoms with Crippen molar-refractivity contribution in [1.29, 1.82) is 0 Å². The van der Waals surface area contributed by atoms with Gasteiger partial charge >= 0.3 is 12.6 Å². The summed E-state index contributed by atoms with van der Waals surface area (Å²) in [6.45, 7) is -1.44. The monoisotopic (exact) mass is 295 g/mol. The molecule has 1 aromatic heterocycles. The van der Waals surface area contributed by atoms with Crippen LogP contribution in [0.4, 0.5) is 20.4 Å². The standard InChI is InChI=1S/C13H11F2N3O3/c1-7-8(11(19)20)6-16-13(17-7)18-9-4-2-3-5-10(9)21-12(14)15/h2-6,12H,1H3,(H,19,20)(H,16,17,18). The number of rotatable bonds is 5. The molecule has 1 heterocycles. The molecule has 1 aromatic carbocycles. The second-order valence-electron chi connectivity index (χ2n) is 4.00. The Morgan fingerprint density at radius 2 is 2.10 bits per heavy atom. The number of hydrogen-bond donors (Lipinski definition) is 2. The topological polar surface area (TPSA) is 84.3 Å². The second-order valence-corrected chi connectivity index (χ2v) is 4.00. The van der Waals surface area contributed by atoms with Crippen molar-refractivity contribution in [2.45, 2.75) is 13.5 Å². The van der Waals surface area contributed by atoms with E-state index in [2.05, 4.69) is 20.0 Å². The van der Waals surface area contributed by atoms with Crippen LogP contribution in [0.2, 0.25) is 0 Å². The fourth-order valence-corrected chi connectivity index (χ4v) is 1.63. The molecule has 6 nitrogen and oxygen atoms in total. The smallest absolute Gasteiger partial charge is 0.387 e. The molecule has 0 saturated heterocycles. The number of aromatic carboxylic acids is 1. The van der Waals surface area contributed by atoms with E-state index in [-0.39, 0.29) is 28.6 Å². The molecule has 0 radical (unpaired) electrons. The Kier molecular flexibility index (Phi) is 4.27. The van der Waals surface area contributed by atoms with Crippen LogP contribution in [0, 0.1) is 6.92 Å². The number of carboxylic acids is 1. The summed E-state index contributed by atoms with van der Waals surface area (Å²) in [5.41, 5.74) is 0.477. The number of anilines is 2. The van der Waals surface area contributed by atoms with E-state index in [1.54, 1.807) is 12.1 Å². The molecule has 0 spiro atoms. The van der Waals surface area contributed by atoms with E-state index in [1.807, 2.05) is 0 Å². The number of ether oxygens (including phenoxy) is 1. The number of halogens is 2. The number of para-hydroxylation sites is 2. The molecule has 0 fully saturated rings. The third-order valence-electron chi connectivity index (χ3n) is 2.56. The fourth-order valence-electron chi connectivity index (χ4n) is 1.63. The summed E-state index contributed by atoms with van der Waals surface area (Å²) in [5, 5.41) is 11.6. The van der Waals surface area contributed by atoms with Gasteiger partial charge in [-0.2, -0.15) is 8.78 Å². The molecule has 0 aliphatic rings. The Morgan fingerprint density at radius 1 is 1.38 bits per heavy atom. The number of nitrogens with one attached hydrogen (secondary N) is 1. The summed E-state index contributed by atoms with van der Waals surface area (Å²) >= 11 is 0. The third kappa shape index (κ3) is 3.62. The van der Waals surface area contributed by atoms with E-state index in [0.29, 0.717) is 0 Å². The highest BCUT2D eigenvalue weighted by Gasteiger charge is 2.12. The van der Waals surface area contributed by atoms with Gasteiger partial charge in [0.15, 0.2) is 0 Å². The van der Waals surface area contributed by atoms with Crippen LogP contribution in [0.25, 0.3) is 0 Å². The average molecular weight is 295 g/mol. The second kappa shape index (κ2) is 6.12. The van der Waals surface area contributed by atoms with Gasteiger partial charge in [0.25, 0.3) is 0 Å². The fraction of sp³-hybridized carbons (Fsp3) is 0.154. The van der Waals surface area contributed by atoms with Crippen LogP contribution in [0.5, 0.6) is 5.75 Å². The molecular weight excluding hydrogens is 284 g/mol. The summed E-state index contributed by atoms with van der Waals surface area (Å²) in [6, 6.07) is 6.05. The normalized spacial score (nSPS) is 10.5. The zero-order valence-corrected chi connectivity index (χ0v) is 10.9. The minimum atomic E-state index is -2.95. The van der Waals surface area contributed by atoms with Crippen molar-refractivity contribution >= 4 is 17.6 Å². The van der Waals surface area contributed by atoms with Crippen molar-refractivity contribution in [3.05, 3.63) is 41.7 Å². The molecule has 2 rings (SSSR count). The number of carboxylic acid groups (broad SMARTS) is 1. The molecular formula is C13H11F2N3O3. The molecule has 0 unspecified atom stereocenters. The number of aryl methyl sites for hydroxylation is 1. The predicted molar refractivity (Wildman–Crippen MR) is 70.1 cm³/mol. The molecule has 0 bridgehead atoms. The molecule has 110 valence electrons. The van der Waals surface area contributed by atoms with Gasteiger partial charge in [0, 0.05) is 6.20 Å². The van der Waals surface area contributed by atoms with Crippen molar-refractivity contribution < 1.29 is 23.4 Å². The van der Waals surface area contributed by atoms with Crippen LogP contribution in [0.3, 0.4) is 0 Å². The number of alkyl halides is 2. The first-order valence-electron chi connectivity index (χ1n) is 5.85. The molecule has 0 atom stereocenters. The average Bonchev–Trinajstić information content (AvgIpc) is 2.40. The van der Waals surface area contributed by atoms with Gasteiger partial charge in [0.2, 0.25) is 5.95 Å². The molecule has 2 aromatic rings. The summed E-state index contributed by atoms with van der Waals surface area (Å²) in [6.07, 6.45) is 1.14. The molecule has 8 heteroatoms. The maximum Gasteiger partial charge on any atom is 0.387 e. The van der Waals surface area contributed by atoms with Crippen molar-refractivity contribution in [3.8, 4) is 5.75 Å². The van der Waals surface area contributed by atoms with E-state index < -0.39 is 12.6 Å². The number of hydrogen-bond acceptors (Lipinski definition) is 5. The van der Waals surface area contributed by atoms with Crippen LogP contribution in [-0.4, -0.2) is 27.7 Å². The zero-order valence-electron chi connectivity index (χ0n) is 10.9. The van der Waals surface area contributed by atoms with Gasteiger partial charge in [-0.1, -0.05) is 12.1 Å². The SMILES string of the molecule is Cc1nc(Nc2ccccc2OC(F)F)ncc1C(=O)O. The van der Waals surface area contributed by atoms with Gasteiger partial charge in [0.1, 0.15) is 5.75 Å². The van der Waals surface area contributed by atoms with Gasteiger partial charge in [-0.3, -0.25) is 0 Å². The minimum Gasteiger partial charge on any atom is -0.478 e. The minimum absolute atomic E-state index is 0.0299. The van der Waals surface area contributed by atoms with Crippen LogP contribution in [0.15, 0.2) is 30.5 Å². The largest absolute Gasteiger partial charge is 0.478 e. The molecule has 0 aliphatic carbocycles. The Bertz CT molecular complexity index is 665. The number of aromatic nitrogens is 2. The maximum atomic E-state index is 12.3. The quantitative estimate of drug-likeness (QED) is 0.882. The molecule has 2 N–H and O–H groups in total. The van der Waals surface area contributed by atoms with Crippen LogP contribution in [0.1, 0.15) is 16.1 Å². The van der Waals surface area contributed by atoms with E-state index >= 15 is 0 Å². The van der Waals surface area contributed by atoms with E-state index in [4.69, 9.17) is 5.11 Å². The molecule has 21 heavy (non-hydrogen) atoms. The van der Waals surface area contributed by atoms with Crippen molar-refractivity contribution in [2.75, 3.05) is 5.32 Å². The van der Waals surface area contributed by atoms with Gasteiger partial charge in [0.05, 0.1) is 16.9 Å². The van der Waals surface area contributed by atoms with Crippen LogP contribution >= 0.6 is 0 Å². The Labute approximate surface area is 118 Å². The Morgan fingerprint density at radius 3 is 2.71 bits per heavy atom. The predicted octanol–water partition coefficient (Wildman–Crippen LogP) is 2.83. The zero-order chi connectivity index (χ0) is 15.4. The summed E-state index contributed by atoms with van der Waals surface area (Å²) in [4.78, 5) is 18.7. The summed E-state index contributed by atoms with van der Waals surface area (Å²) in [7, 11) is 0. The lowest BCUT2D eigenvalue weighted by Crippen LogP contribution is -2.08. The van der Waals surface area contributed by atoms with Crippen LogP contribution in [-0.2, 0) is 0 Å². The number of nitrogens with zero attached hydrogens (tertiary/aromatic N) is 2. The third-order valence-corrected chi connectivity index (χ3v) is 2.56. The van der Waals surface area contributed by atoms with Crippen molar-refractivity contribution in [1.82, 2.24) is 9.97 Å². The molecule has 0 amide bonds. The Hall–Kier alpha value is -2.77. The van der Waals surface area contributed by atoms with Gasteiger partial charge in [-0.05, 0) is 19.1 Å².